The van der Waals surface area contributed by atoms with Gasteiger partial charge in [0.15, 0.2) is 11.5 Å². The summed E-state index contributed by atoms with van der Waals surface area (Å²) in [6.07, 6.45) is 0. The van der Waals surface area contributed by atoms with Gasteiger partial charge < -0.3 is 19.9 Å². The van der Waals surface area contributed by atoms with E-state index >= 15 is 0 Å². The van der Waals surface area contributed by atoms with Crippen LogP contribution >= 0.6 is 0 Å². The van der Waals surface area contributed by atoms with E-state index in [4.69, 9.17) is 19.3 Å². The third kappa shape index (κ3) is 3.45. The molecular weight excluding hydrogens is 270 g/mol. The molecule has 2 N–H and O–H groups in total. The number of carbonyl (C=O) groups excluding carboxylic acids is 1. The van der Waals surface area contributed by atoms with Gasteiger partial charge in [-0.2, -0.15) is 0 Å². The predicted molar refractivity (Wildman–Crippen MR) is 79.5 cm³/mol. The van der Waals surface area contributed by atoms with Gasteiger partial charge in [-0.1, -0.05) is 30.3 Å². The van der Waals surface area contributed by atoms with Crippen LogP contribution in [0, 0.1) is 0 Å². The van der Waals surface area contributed by atoms with Crippen molar-refractivity contribution in [1.29, 1.82) is 0 Å². The monoisotopic (exact) mass is 290 g/mol. The average molecular weight is 290 g/mol. The van der Waals surface area contributed by atoms with Crippen molar-refractivity contribution in [2.24, 2.45) is 0 Å². The molecule has 0 amide bonds. The zero-order valence-corrected chi connectivity index (χ0v) is 11.5. The van der Waals surface area contributed by atoms with Gasteiger partial charge in [0, 0.05) is 12.1 Å². The smallest absolute Gasteiger partial charge is 0.340 e. The van der Waals surface area contributed by atoms with E-state index in [0.717, 1.165) is 5.56 Å². The Bertz CT molecular complexity index is 717. The lowest BCUT2D eigenvalue weighted by molar-refractivity contribution is 0.0601. The molecule has 0 aliphatic carbocycles. The summed E-state index contributed by atoms with van der Waals surface area (Å²) in [5.74, 6) is -0.682. The van der Waals surface area contributed by atoms with E-state index < -0.39 is 13.0 Å². The molecule has 0 aromatic heterocycles. The molecule has 2 aromatic carbocycles. The van der Waals surface area contributed by atoms with Gasteiger partial charge in [-0.15, -0.1) is 0 Å². The highest BCUT2D eigenvalue weighted by Crippen LogP contribution is 2.33. The second-order valence-corrected chi connectivity index (χ2v) is 4.25. The lowest BCUT2D eigenvalue weighted by Gasteiger charge is -2.13. The van der Waals surface area contributed by atoms with Gasteiger partial charge in [0.05, 0.1) is 29.5 Å². The molecule has 110 valence electrons. The summed E-state index contributed by atoms with van der Waals surface area (Å²) in [6.45, 7) is 0.190. The van der Waals surface area contributed by atoms with Gasteiger partial charge in [0.25, 0.3) is 0 Å². The van der Waals surface area contributed by atoms with Crippen LogP contribution in [-0.4, -0.2) is 20.1 Å². The lowest BCUT2D eigenvalue weighted by Crippen LogP contribution is -2.07. The Morgan fingerprint density at radius 3 is 2.67 bits per heavy atom. The number of ether oxygens (including phenoxy) is 3. The van der Waals surface area contributed by atoms with E-state index in [1.54, 1.807) is 0 Å². The number of rotatable bonds is 5. The Morgan fingerprint density at radius 1 is 1.24 bits per heavy atom. The van der Waals surface area contributed by atoms with E-state index in [1.807, 2.05) is 30.3 Å². The first-order chi connectivity index (χ1) is 11.3. The standard InChI is InChI=1S/C16H17NO4/c1-19-14-8-12(16(18)20-2)13(17)9-15(14)21-10-11-6-4-3-5-7-11/h3-9H,10,17H2,1-2H3/i1D3. The topological polar surface area (TPSA) is 70.8 Å². The maximum atomic E-state index is 11.7. The Hall–Kier alpha value is -2.69. The molecule has 0 unspecified atom stereocenters. The molecule has 0 aliphatic rings. The van der Waals surface area contributed by atoms with Crippen LogP contribution in [0.3, 0.4) is 0 Å². The average Bonchev–Trinajstić information content (AvgIpc) is 2.53. The Labute approximate surface area is 127 Å². The van der Waals surface area contributed by atoms with Crippen molar-refractivity contribution in [1.82, 2.24) is 0 Å². The van der Waals surface area contributed by atoms with Crippen molar-refractivity contribution in [3.05, 3.63) is 53.6 Å². The third-order valence-corrected chi connectivity index (χ3v) is 2.87. The fourth-order valence-electron chi connectivity index (χ4n) is 1.79. The van der Waals surface area contributed by atoms with Gasteiger partial charge in [-0.3, -0.25) is 0 Å². The minimum absolute atomic E-state index is 0.00353. The summed E-state index contributed by atoms with van der Waals surface area (Å²) in [5, 5.41) is 0. The summed E-state index contributed by atoms with van der Waals surface area (Å²) >= 11 is 0. The summed E-state index contributed by atoms with van der Waals surface area (Å²) < 4.78 is 36.9. The van der Waals surface area contributed by atoms with Gasteiger partial charge in [-0.25, -0.2) is 4.79 Å². The van der Waals surface area contributed by atoms with Gasteiger partial charge in [0.2, 0.25) is 0 Å². The molecule has 0 saturated carbocycles. The second kappa shape index (κ2) is 6.65. The molecule has 0 spiro atoms. The summed E-state index contributed by atoms with van der Waals surface area (Å²) in [4.78, 5) is 11.7. The largest absolute Gasteiger partial charge is 0.493 e. The van der Waals surface area contributed by atoms with Crippen LogP contribution in [0.4, 0.5) is 5.69 Å². The van der Waals surface area contributed by atoms with E-state index in [2.05, 4.69) is 4.74 Å². The van der Waals surface area contributed by atoms with E-state index in [9.17, 15) is 4.79 Å². The van der Waals surface area contributed by atoms with Crippen LogP contribution in [0.25, 0.3) is 0 Å². The number of hydrogen-bond donors (Lipinski definition) is 1. The first-order valence-electron chi connectivity index (χ1n) is 7.68. The van der Waals surface area contributed by atoms with Crippen LogP contribution in [0.1, 0.15) is 20.0 Å². The fourth-order valence-corrected chi connectivity index (χ4v) is 1.79. The summed E-state index contributed by atoms with van der Waals surface area (Å²) in [5.41, 5.74) is 6.81. The number of benzene rings is 2. The Balaban J connectivity index is 2.33. The normalized spacial score (nSPS) is 12.7. The molecule has 0 bridgehead atoms. The zero-order chi connectivity index (χ0) is 17.7. The van der Waals surface area contributed by atoms with Crippen LogP contribution < -0.4 is 15.2 Å². The number of methoxy groups -OCH3 is 2. The number of nitrogens with two attached hydrogens (primary N) is 1. The van der Waals surface area contributed by atoms with Crippen LogP contribution in [-0.2, 0) is 11.3 Å². The molecule has 0 fully saturated rings. The van der Waals surface area contributed by atoms with E-state index in [-0.39, 0.29) is 29.4 Å². The van der Waals surface area contributed by atoms with Crippen molar-refractivity contribution in [2.75, 3.05) is 19.9 Å². The number of esters is 1. The number of anilines is 1. The van der Waals surface area contributed by atoms with Gasteiger partial charge in [0.1, 0.15) is 6.61 Å². The molecular formula is C16H17NO4. The molecule has 0 saturated heterocycles. The third-order valence-electron chi connectivity index (χ3n) is 2.87. The zero-order valence-electron chi connectivity index (χ0n) is 14.5. The highest BCUT2D eigenvalue weighted by Gasteiger charge is 2.16. The molecule has 21 heavy (non-hydrogen) atoms. The molecule has 2 rings (SSSR count). The van der Waals surface area contributed by atoms with Crippen molar-refractivity contribution in [2.45, 2.75) is 6.61 Å². The number of carbonyl (C=O) groups is 1. The van der Waals surface area contributed by atoms with Gasteiger partial charge >= 0.3 is 5.97 Å². The van der Waals surface area contributed by atoms with E-state index in [1.165, 1.54) is 19.2 Å². The molecule has 0 heterocycles. The maximum Gasteiger partial charge on any atom is 0.340 e. The van der Waals surface area contributed by atoms with Crippen molar-refractivity contribution in [3.8, 4) is 11.5 Å². The molecule has 5 heteroatoms. The quantitative estimate of drug-likeness (QED) is 0.677. The summed E-state index contributed by atoms with van der Waals surface area (Å²) in [7, 11) is -1.50. The highest BCUT2D eigenvalue weighted by molar-refractivity contribution is 5.96. The van der Waals surface area contributed by atoms with Crippen molar-refractivity contribution < 1.29 is 23.1 Å². The van der Waals surface area contributed by atoms with Gasteiger partial charge in [-0.05, 0) is 5.56 Å². The molecule has 5 nitrogen and oxygen atoms in total. The maximum absolute atomic E-state index is 11.7. The minimum atomic E-state index is -2.70. The van der Waals surface area contributed by atoms with Crippen molar-refractivity contribution >= 4 is 11.7 Å². The molecule has 0 aliphatic heterocycles. The lowest BCUT2D eigenvalue weighted by atomic mass is 10.1. The van der Waals surface area contributed by atoms with Crippen LogP contribution in [0.15, 0.2) is 42.5 Å². The Morgan fingerprint density at radius 2 is 2.00 bits per heavy atom. The van der Waals surface area contributed by atoms with Crippen LogP contribution in [0.5, 0.6) is 11.5 Å². The first kappa shape index (κ1) is 11.0. The minimum Gasteiger partial charge on any atom is -0.493 e. The summed E-state index contributed by atoms with van der Waals surface area (Å²) in [6, 6.07) is 11.8. The predicted octanol–water partition coefficient (Wildman–Crippen LogP) is 2.64. The SMILES string of the molecule is [2H]C([2H])([2H])Oc1cc(C(=O)OC)c(N)cc1OCc1ccccc1. The van der Waals surface area contributed by atoms with Crippen molar-refractivity contribution in [3.63, 3.8) is 0 Å². The first-order valence-corrected chi connectivity index (χ1v) is 6.18. The van der Waals surface area contributed by atoms with E-state index in [0.29, 0.717) is 0 Å². The number of nitrogen functional groups attached to an aromatic ring is 1. The second-order valence-electron chi connectivity index (χ2n) is 4.25. The van der Waals surface area contributed by atoms with Crippen LogP contribution in [0.2, 0.25) is 0 Å². The Kier molecular flexibility index (Phi) is 3.49. The molecule has 0 radical (unpaired) electrons. The molecule has 0 atom stereocenters. The molecule has 2 aromatic rings. The number of hydrogen-bond acceptors (Lipinski definition) is 5. The fraction of sp³-hybridized carbons (Fsp3) is 0.188. The highest BCUT2D eigenvalue weighted by atomic mass is 16.5.